The molecule has 4 rings (SSSR count). The topological polar surface area (TPSA) is 43.4 Å². The second kappa shape index (κ2) is 28.1. The number of rotatable bonds is 34. The van der Waals surface area contributed by atoms with Crippen LogP contribution < -0.4 is 15.9 Å². The molecule has 0 radical (unpaired) electrons. The molecule has 0 amide bonds. The molecule has 0 unspecified atom stereocenters. The molecule has 61 heavy (non-hydrogen) atoms. The normalized spacial score (nSPS) is 12.7. The monoisotopic (exact) mass is 869 g/mol. The summed E-state index contributed by atoms with van der Waals surface area (Å²) in [6.07, 6.45) is 33.4. The van der Waals surface area contributed by atoms with Gasteiger partial charge in [-0.2, -0.15) is 0 Å². The average Bonchev–Trinajstić information content (AvgIpc) is 3.29. The van der Waals surface area contributed by atoms with E-state index in [-0.39, 0.29) is 0 Å². The van der Waals surface area contributed by atoms with Gasteiger partial charge in [-0.15, -0.1) is 0 Å². The first-order valence-corrected chi connectivity index (χ1v) is 28.9. The Hall–Kier alpha value is -2.78. The van der Waals surface area contributed by atoms with Gasteiger partial charge in [0.15, 0.2) is 0 Å². The predicted molar refractivity (Wildman–Crippen MR) is 269 cm³/mol. The minimum absolute atomic E-state index is 0.398. The molecule has 5 heteroatoms. The second-order valence-corrected chi connectivity index (χ2v) is 24.5. The summed E-state index contributed by atoms with van der Waals surface area (Å²) in [4.78, 5) is 0.398. The molecule has 0 aliphatic carbocycles. The molecule has 0 atom stereocenters. The summed E-state index contributed by atoms with van der Waals surface area (Å²) in [5.74, 6) is 0. The van der Waals surface area contributed by atoms with Gasteiger partial charge in [-0.05, 0) is 0 Å². The van der Waals surface area contributed by atoms with Crippen LogP contribution in [-0.4, -0.2) is 14.6 Å². The van der Waals surface area contributed by atoms with Crippen LogP contribution in [0.2, 0.25) is 0 Å². The minimum atomic E-state index is -4.29. The molecule has 0 aliphatic heterocycles. The molecule has 0 heterocycles. The van der Waals surface area contributed by atoms with E-state index in [0.717, 1.165) is 66.4 Å². The molecule has 4 aromatic carbocycles. The molecule has 0 fully saturated rings. The summed E-state index contributed by atoms with van der Waals surface area (Å²) >= 11 is 0. The van der Waals surface area contributed by atoms with Crippen LogP contribution in [0.1, 0.15) is 198 Å². The van der Waals surface area contributed by atoms with Gasteiger partial charge in [0.1, 0.15) is 0 Å². The van der Waals surface area contributed by atoms with Gasteiger partial charge < -0.3 is 0 Å². The third-order valence-electron chi connectivity index (χ3n) is 13.4. The Kier molecular flexibility index (Phi) is 23.4. The Morgan fingerprint density at radius 1 is 0.377 bits per heavy atom. The van der Waals surface area contributed by atoms with Gasteiger partial charge >= 0.3 is 318 Å². The zero-order valence-corrected chi connectivity index (χ0v) is 40.9. The van der Waals surface area contributed by atoms with Crippen molar-refractivity contribution in [2.24, 2.45) is 0 Å². The number of hydrogen-bond donors (Lipinski definition) is 0. The molecule has 4 aromatic rings. The number of aryl methyl sites for hydroxylation is 1. The molecule has 0 bridgehead atoms. The van der Waals surface area contributed by atoms with Crippen LogP contribution in [-0.2, 0) is 33.4 Å². The number of benzene rings is 4. The summed E-state index contributed by atoms with van der Waals surface area (Å²) in [5, 5.41) is 2.81. The Morgan fingerprint density at radius 2 is 0.705 bits per heavy atom. The van der Waals surface area contributed by atoms with Crippen LogP contribution in [0.3, 0.4) is 0 Å². The van der Waals surface area contributed by atoms with Crippen molar-refractivity contribution in [3.05, 3.63) is 120 Å². The van der Waals surface area contributed by atoms with Gasteiger partial charge in [0, 0.05) is 0 Å². The molecule has 338 valence electrons. The quantitative estimate of drug-likeness (QED) is 0.0347. The van der Waals surface area contributed by atoms with Gasteiger partial charge in [-0.1, -0.05) is 59.3 Å². The average molecular weight is 869 g/mol. The van der Waals surface area contributed by atoms with Crippen LogP contribution in [0.5, 0.6) is 0 Å². The van der Waals surface area contributed by atoms with Gasteiger partial charge in [-0.25, -0.2) is 0 Å². The maximum atomic E-state index is 15.8. The Bertz CT molecular complexity index is 1760. The molecule has 0 saturated heterocycles. The molecule has 3 nitrogen and oxygen atoms in total. The zero-order valence-electron chi connectivity index (χ0n) is 39.2. The molecular weight excluding hydrogens is 784 g/mol. The molecule has 0 spiro atoms. The van der Waals surface area contributed by atoms with Crippen molar-refractivity contribution in [2.75, 3.05) is 6.16 Å². The van der Waals surface area contributed by atoms with E-state index in [9.17, 15) is 0 Å². The Balaban J connectivity index is 1.80. The summed E-state index contributed by atoms with van der Waals surface area (Å²) in [6, 6.07) is 34.9. The molecule has 0 aromatic heterocycles. The van der Waals surface area contributed by atoms with Crippen LogP contribution in [0.4, 0.5) is 0 Å². The van der Waals surface area contributed by atoms with E-state index in [1.165, 1.54) is 140 Å². The Labute approximate surface area is 375 Å². The van der Waals surface area contributed by atoms with Gasteiger partial charge in [0.25, 0.3) is 0 Å². The van der Waals surface area contributed by atoms with Gasteiger partial charge in [0.2, 0.25) is 0 Å². The third kappa shape index (κ3) is 14.6. The van der Waals surface area contributed by atoms with E-state index in [1.54, 1.807) is 0 Å². The molecule has 0 saturated carbocycles. The van der Waals surface area contributed by atoms with E-state index >= 15 is 8.42 Å². The predicted octanol–water partition coefficient (Wildman–Crippen LogP) is 15.9. The van der Waals surface area contributed by atoms with Crippen molar-refractivity contribution < 1.29 is 12.4 Å². The van der Waals surface area contributed by atoms with Crippen molar-refractivity contribution in [2.45, 2.75) is 206 Å². The van der Waals surface area contributed by atoms with Crippen LogP contribution in [0.15, 0.2) is 108 Å². The van der Waals surface area contributed by atoms with Crippen LogP contribution >= 0.6 is 6.83 Å². The van der Waals surface area contributed by atoms with Crippen molar-refractivity contribution in [1.82, 2.24) is 0 Å². The van der Waals surface area contributed by atoms with E-state index in [4.69, 9.17) is 3.97 Å². The standard InChI is InChI=1S/C56H85O3PS/c1-5-9-12-15-18-21-24-30-39-50-48-49-56(55(47-38-26-23-20-17-14-11-7-3)54(50)46-37-25-22-19-16-13-10-6-2)61(57,58)59-60(8-4,51-40-31-27-32-41-51,52-42-33-28-34-43-52)53-44-35-29-36-45-53/h27-29,31-36,40-45,48-49H,5-26,30,37-39,46-47H2,1-4H3. The number of hydrogen-bond acceptors (Lipinski definition) is 3. The molecule has 0 aliphatic rings. The van der Waals surface area contributed by atoms with Crippen LogP contribution in [0.25, 0.3) is 0 Å². The minimum Gasteiger partial charge on any atom is -0.0654 e. The fourth-order valence-electron chi connectivity index (χ4n) is 9.76. The summed E-state index contributed by atoms with van der Waals surface area (Å²) in [5.41, 5.74) is 3.70. The summed E-state index contributed by atoms with van der Waals surface area (Å²) in [6.45, 7) is 4.87. The SMILES string of the molecule is CCCCCCCCCCc1ccc(S(=O)(=O)OP(CC)(c2ccccc2)(c2ccccc2)c2ccccc2)c(CCCCCCCCCC)c1CCCCCCCCCC. The zero-order chi connectivity index (χ0) is 43.5. The van der Waals surface area contributed by atoms with Gasteiger partial charge in [0.05, 0.1) is 0 Å². The van der Waals surface area contributed by atoms with Crippen molar-refractivity contribution >= 4 is 32.9 Å². The van der Waals surface area contributed by atoms with Crippen molar-refractivity contribution in [1.29, 1.82) is 0 Å². The van der Waals surface area contributed by atoms with Crippen molar-refractivity contribution in [3.63, 3.8) is 0 Å². The smallest absolute Gasteiger partial charge is 0.0654 e. The molecular formula is C56H85O3PS. The fourth-order valence-corrected chi connectivity index (χ4v) is 18.4. The Morgan fingerprint density at radius 3 is 1.07 bits per heavy atom. The van der Waals surface area contributed by atoms with E-state index < -0.39 is 16.9 Å². The molecule has 0 N–H and O–H groups in total. The van der Waals surface area contributed by atoms with E-state index in [0.29, 0.717) is 11.1 Å². The fraction of sp³-hybridized carbons (Fsp3) is 0.571. The summed E-state index contributed by atoms with van der Waals surface area (Å²) < 4.78 is 38.9. The first kappa shape index (κ1) is 50.9. The number of unbranched alkanes of at least 4 members (excludes halogenated alkanes) is 21. The van der Waals surface area contributed by atoms with Crippen molar-refractivity contribution in [3.8, 4) is 0 Å². The first-order chi connectivity index (χ1) is 29.9. The van der Waals surface area contributed by atoms with E-state index in [1.807, 2.05) is 60.7 Å². The first-order valence-electron chi connectivity index (χ1n) is 25.2. The van der Waals surface area contributed by atoms with Crippen LogP contribution in [0, 0.1) is 0 Å². The maximum absolute atomic E-state index is 15.8. The van der Waals surface area contributed by atoms with E-state index in [2.05, 4.69) is 70.2 Å². The summed E-state index contributed by atoms with van der Waals surface area (Å²) in [7, 11) is -4.29. The second-order valence-electron chi connectivity index (χ2n) is 17.9. The third-order valence-corrected chi connectivity index (χ3v) is 21.8. The van der Waals surface area contributed by atoms with Gasteiger partial charge in [-0.3, -0.25) is 0 Å².